The van der Waals surface area contributed by atoms with Gasteiger partial charge < -0.3 is 16.4 Å². The van der Waals surface area contributed by atoms with Crippen LogP contribution in [0.2, 0.25) is 10.0 Å². The molecule has 0 saturated heterocycles. The summed E-state index contributed by atoms with van der Waals surface area (Å²) in [5.74, 6) is 0.833. The first-order valence-electron chi connectivity index (χ1n) is 10.4. The van der Waals surface area contributed by atoms with E-state index < -0.39 is 28.2 Å². The molecule has 37 heavy (non-hydrogen) atoms. The maximum absolute atomic E-state index is 12.6. The summed E-state index contributed by atoms with van der Waals surface area (Å²) in [6.45, 7) is 9.03. The Labute approximate surface area is 224 Å². The van der Waals surface area contributed by atoms with Crippen molar-refractivity contribution in [2.45, 2.75) is 44.6 Å². The molecule has 0 spiro atoms. The Morgan fingerprint density at radius 2 is 1.70 bits per heavy atom. The van der Waals surface area contributed by atoms with E-state index >= 15 is 0 Å². The van der Waals surface area contributed by atoms with E-state index in [9.17, 15) is 23.3 Å². The fraction of sp³-hybridized carbons (Fsp3) is 0.400. The minimum Gasteiger partial charge on any atom is -0.378 e. The fourth-order valence-corrected chi connectivity index (χ4v) is 3.68. The lowest BCUT2D eigenvalue weighted by Crippen LogP contribution is -2.27. The van der Waals surface area contributed by atoms with E-state index in [1.165, 1.54) is 11.8 Å². The highest BCUT2D eigenvalue weighted by Crippen LogP contribution is 2.38. The zero-order valence-electron chi connectivity index (χ0n) is 20.3. The second-order valence-electron chi connectivity index (χ2n) is 8.24. The van der Waals surface area contributed by atoms with Crippen LogP contribution in [0.3, 0.4) is 0 Å². The first-order chi connectivity index (χ1) is 17.1. The number of anilines is 3. The van der Waals surface area contributed by atoms with Gasteiger partial charge in [-0.05, 0) is 46.1 Å². The smallest absolute Gasteiger partial charge is 0.378 e. The number of nitro groups is 1. The third-order valence-electron chi connectivity index (χ3n) is 4.16. The Morgan fingerprint density at radius 3 is 2.14 bits per heavy atom. The Balaban J connectivity index is 0.000000271. The van der Waals surface area contributed by atoms with Gasteiger partial charge in [0.15, 0.2) is 5.16 Å². The van der Waals surface area contributed by atoms with Crippen molar-refractivity contribution >= 4 is 58.4 Å². The molecule has 0 aliphatic heterocycles. The summed E-state index contributed by atoms with van der Waals surface area (Å²) >= 11 is 13.0. The topological polar surface area (TPSA) is 150 Å². The summed E-state index contributed by atoms with van der Waals surface area (Å²) in [5, 5.41) is 20.6. The second-order valence-corrected chi connectivity index (χ2v) is 9.83. The molecule has 3 aromatic rings. The largest absolute Gasteiger partial charge is 0.416 e. The first-order valence-corrected chi connectivity index (χ1v) is 12.4. The van der Waals surface area contributed by atoms with Crippen LogP contribution in [0, 0.1) is 10.1 Å². The molecule has 0 aliphatic rings. The number of hydrogen-bond acceptors (Lipinski definition) is 10. The van der Waals surface area contributed by atoms with Gasteiger partial charge in [-0.3, -0.25) is 10.1 Å². The van der Waals surface area contributed by atoms with E-state index in [4.69, 9.17) is 28.9 Å². The molecule has 4 N–H and O–H groups in total. The van der Waals surface area contributed by atoms with Crippen molar-refractivity contribution in [1.82, 2.24) is 24.7 Å². The maximum Gasteiger partial charge on any atom is 0.416 e. The number of benzene rings is 1. The molecule has 0 aliphatic carbocycles. The van der Waals surface area contributed by atoms with Gasteiger partial charge in [0.1, 0.15) is 11.9 Å². The van der Waals surface area contributed by atoms with Crippen LogP contribution >= 0.6 is 35.0 Å². The predicted octanol–water partition coefficient (Wildman–Crippen LogP) is 5.92. The van der Waals surface area contributed by atoms with Crippen LogP contribution in [0.15, 0.2) is 23.5 Å². The zero-order chi connectivity index (χ0) is 28.1. The predicted molar refractivity (Wildman–Crippen MR) is 139 cm³/mol. The summed E-state index contributed by atoms with van der Waals surface area (Å²) in [6.07, 6.45) is -1.83. The van der Waals surface area contributed by atoms with Crippen LogP contribution < -0.4 is 16.4 Å². The zero-order valence-corrected chi connectivity index (χ0v) is 22.6. The van der Waals surface area contributed by atoms with Crippen molar-refractivity contribution in [2.75, 3.05) is 29.2 Å². The Hall–Kier alpha value is -3.04. The molecular weight excluding hydrogens is 558 g/mol. The van der Waals surface area contributed by atoms with E-state index in [-0.39, 0.29) is 21.3 Å². The fourth-order valence-electron chi connectivity index (χ4n) is 2.68. The van der Waals surface area contributed by atoms with Gasteiger partial charge in [-0.2, -0.15) is 33.2 Å². The molecule has 0 saturated carbocycles. The van der Waals surface area contributed by atoms with Gasteiger partial charge in [0.2, 0.25) is 17.7 Å². The summed E-state index contributed by atoms with van der Waals surface area (Å²) in [6, 6.07) is 1.27. The SMILES string of the molecule is CCNc1nc(NC(C)(C)C)nc(SC)n1.Nc1c([N+](=O)[O-])cnn1-c1c(Cl)cc(C(F)(F)F)cc1Cl. The number of nitrogens with one attached hydrogen (secondary N) is 2. The molecule has 0 bridgehead atoms. The summed E-state index contributed by atoms with van der Waals surface area (Å²) in [7, 11) is 0. The lowest BCUT2D eigenvalue weighted by atomic mass is 10.1. The van der Waals surface area contributed by atoms with E-state index in [1.54, 1.807) is 0 Å². The quantitative estimate of drug-likeness (QED) is 0.181. The van der Waals surface area contributed by atoms with Gasteiger partial charge in [0, 0.05) is 12.1 Å². The molecule has 0 atom stereocenters. The number of alkyl halides is 3. The lowest BCUT2D eigenvalue weighted by Gasteiger charge is -2.20. The van der Waals surface area contributed by atoms with Crippen molar-refractivity contribution in [3.63, 3.8) is 0 Å². The molecule has 0 unspecified atom stereocenters. The van der Waals surface area contributed by atoms with Crippen molar-refractivity contribution in [1.29, 1.82) is 0 Å². The van der Waals surface area contributed by atoms with Crippen LogP contribution in [0.25, 0.3) is 5.69 Å². The third kappa shape index (κ3) is 8.23. The highest BCUT2D eigenvalue weighted by atomic mass is 35.5. The first kappa shape index (κ1) is 30.2. The van der Waals surface area contributed by atoms with E-state index in [0.717, 1.165) is 22.6 Å². The van der Waals surface area contributed by atoms with Crippen molar-refractivity contribution in [3.05, 3.63) is 44.1 Å². The average Bonchev–Trinajstić information content (AvgIpc) is 3.13. The number of nitrogen functional groups attached to an aromatic ring is 1. The lowest BCUT2D eigenvalue weighted by molar-refractivity contribution is -0.383. The van der Waals surface area contributed by atoms with Gasteiger partial charge in [-0.1, -0.05) is 35.0 Å². The molecule has 0 radical (unpaired) electrons. The van der Waals surface area contributed by atoms with Crippen molar-refractivity contribution in [2.24, 2.45) is 0 Å². The number of hydrogen-bond donors (Lipinski definition) is 3. The third-order valence-corrected chi connectivity index (χ3v) is 5.28. The molecular formula is C20H24Cl2F3N9O2S. The van der Waals surface area contributed by atoms with E-state index in [1.807, 2.05) is 13.2 Å². The van der Waals surface area contributed by atoms with Gasteiger partial charge in [0.05, 0.1) is 20.5 Å². The molecule has 202 valence electrons. The minimum atomic E-state index is -4.63. The van der Waals surface area contributed by atoms with Crippen molar-refractivity contribution < 1.29 is 18.1 Å². The highest BCUT2D eigenvalue weighted by Gasteiger charge is 2.33. The van der Waals surface area contributed by atoms with Gasteiger partial charge in [0.25, 0.3) is 0 Å². The molecule has 0 fully saturated rings. The number of aromatic nitrogens is 5. The Kier molecular flexibility index (Phi) is 9.79. The summed E-state index contributed by atoms with van der Waals surface area (Å²) in [4.78, 5) is 22.8. The van der Waals surface area contributed by atoms with E-state index in [0.29, 0.717) is 24.0 Å². The monoisotopic (exact) mass is 581 g/mol. The van der Waals surface area contributed by atoms with Crippen LogP contribution in [-0.2, 0) is 6.18 Å². The van der Waals surface area contributed by atoms with Crippen LogP contribution in [0.4, 0.5) is 36.6 Å². The van der Waals surface area contributed by atoms with Crippen molar-refractivity contribution in [3.8, 4) is 5.69 Å². The van der Waals surface area contributed by atoms with Crippen LogP contribution in [-0.4, -0.2) is 48.0 Å². The summed E-state index contributed by atoms with van der Waals surface area (Å²) < 4.78 is 38.7. The average molecular weight is 582 g/mol. The molecule has 2 heterocycles. The maximum atomic E-state index is 12.6. The number of nitrogens with zero attached hydrogens (tertiary/aromatic N) is 6. The van der Waals surface area contributed by atoms with Crippen LogP contribution in [0.5, 0.6) is 0 Å². The number of halogens is 5. The second kappa shape index (κ2) is 12.0. The van der Waals surface area contributed by atoms with E-state index in [2.05, 4.69) is 51.5 Å². The molecule has 11 nitrogen and oxygen atoms in total. The van der Waals surface area contributed by atoms with Crippen LogP contribution in [0.1, 0.15) is 33.3 Å². The van der Waals surface area contributed by atoms with Gasteiger partial charge >= 0.3 is 11.9 Å². The Bertz CT molecular complexity index is 1240. The standard InChI is InChI=1S/C10H5Cl2F3N4O2.C10H19N5S/c11-5-1-4(10(13,14)15)2-6(12)8(5)18-9(16)7(3-17-18)19(20)21;1-6-11-7-12-8(15-10(2,3)4)14-9(13-7)16-5/h1-3H,16H2;6H2,1-5H3,(H2,11,12,13,14,15). The Morgan fingerprint density at radius 1 is 1.14 bits per heavy atom. The number of nitrogens with two attached hydrogens (primary N) is 1. The van der Waals surface area contributed by atoms with Gasteiger partial charge in [-0.25, -0.2) is 4.68 Å². The van der Waals surface area contributed by atoms with Gasteiger partial charge in [-0.15, -0.1) is 0 Å². The number of rotatable bonds is 6. The molecule has 1 aromatic carbocycles. The molecule has 17 heteroatoms. The summed E-state index contributed by atoms with van der Waals surface area (Å²) in [5.41, 5.74) is 3.73. The molecule has 2 aromatic heterocycles. The normalized spacial score (nSPS) is 11.5. The molecule has 0 amide bonds. The minimum absolute atomic E-state index is 0.0550. The molecule has 3 rings (SSSR count). The number of thioether (sulfide) groups is 1. The highest BCUT2D eigenvalue weighted by molar-refractivity contribution is 7.98.